The van der Waals surface area contributed by atoms with Crippen LogP contribution in [0, 0.1) is 11.8 Å². The van der Waals surface area contributed by atoms with Gasteiger partial charge in [0.05, 0.1) is 30.1 Å². The molecule has 10 heteroatoms. The van der Waals surface area contributed by atoms with E-state index in [1.54, 1.807) is 24.3 Å². The average Bonchev–Trinajstić information content (AvgIpc) is 4.07. The molecule has 256 valence electrons. The van der Waals surface area contributed by atoms with E-state index >= 15 is 0 Å². The van der Waals surface area contributed by atoms with Crippen LogP contribution in [0.4, 0.5) is 0 Å². The summed E-state index contributed by atoms with van der Waals surface area (Å²) in [6.07, 6.45) is 1.69. The fourth-order valence-corrected chi connectivity index (χ4v) is 6.56. The summed E-state index contributed by atoms with van der Waals surface area (Å²) < 4.78 is 4.50. The first-order valence-corrected chi connectivity index (χ1v) is 16.7. The lowest BCUT2D eigenvalue weighted by Gasteiger charge is -2.18. The number of hydrogen-bond donors (Lipinski definition) is 3. The molecule has 0 aromatic heterocycles. The van der Waals surface area contributed by atoms with Crippen molar-refractivity contribution in [3.05, 3.63) is 143 Å². The second kappa shape index (κ2) is 15.2. The van der Waals surface area contributed by atoms with Crippen molar-refractivity contribution in [3.8, 4) is 0 Å². The van der Waals surface area contributed by atoms with Gasteiger partial charge in [0, 0.05) is 42.6 Å². The van der Waals surface area contributed by atoms with E-state index in [0.29, 0.717) is 11.1 Å². The van der Waals surface area contributed by atoms with Crippen molar-refractivity contribution in [1.82, 2.24) is 15.5 Å². The van der Waals surface area contributed by atoms with Crippen molar-refractivity contribution < 1.29 is 33.8 Å². The highest BCUT2D eigenvalue weighted by molar-refractivity contribution is 5.98. The SMILES string of the molecule is COC(=O)c1ccccc1.O=C(O)c1ccc(C(=O)N2C[C@H](C(=O)N[C@H]3C[C@@H]3c3ccccc3)[C@@H](C(=O)N[C@H]3C[C@@H]3c3ccccc3)C2)cc1. The first-order valence-electron chi connectivity index (χ1n) is 16.7. The molecule has 3 fully saturated rings. The van der Waals surface area contributed by atoms with Gasteiger partial charge in [-0.15, -0.1) is 0 Å². The van der Waals surface area contributed by atoms with Crippen molar-refractivity contribution in [3.63, 3.8) is 0 Å². The van der Waals surface area contributed by atoms with E-state index in [-0.39, 0.29) is 66.3 Å². The summed E-state index contributed by atoms with van der Waals surface area (Å²) in [6.45, 7) is 0.248. The fraction of sp³-hybridized carbons (Fsp3) is 0.275. The normalized spacial score (nSPS) is 23.0. The van der Waals surface area contributed by atoms with Gasteiger partial charge in [0.1, 0.15) is 0 Å². The summed E-state index contributed by atoms with van der Waals surface area (Å²) in [5.74, 6) is -2.96. The molecular weight excluding hydrogens is 634 g/mol. The molecule has 7 rings (SSSR count). The molecule has 2 aliphatic carbocycles. The van der Waals surface area contributed by atoms with Gasteiger partial charge in [-0.25, -0.2) is 9.59 Å². The third-order valence-electron chi connectivity index (χ3n) is 9.55. The van der Waals surface area contributed by atoms with Gasteiger partial charge in [0.2, 0.25) is 11.8 Å². The molecule has 0 radical (unpaired) electrons. The van der Waals surface area contributed by atoms with Gasteiger partial charge in [-0.3, -0.25) is 14.4 Å². The first-order chi connectivity index (χ1) is 24.2. The van der Waals surface area contributed by atoms with Crippen LogP contribution in [0.15, 0.2) is 115 Å². The van der Waals surface area contributed by atoms with E-state index in [0.717, 1.165) is 12.8 Å². The second-order valence-corrected chi connectivity index (χ2v) is 12.9. The number of carboxylic acid groups (broad SMARTS) is 1. The summed E-state index contributed by atoms with van der Waals surface area (Å²) in [7, 11) is 1.37. The van der Waals surface area contributed by atoms with Crippen molar-refractivity contribution in [2.45, 2.75) is 36.8 Å². The predicted molar refractivity (Wildman–Crippen MR) is 186 cm³/mol. The van der Waals surface area contributed by atoms with Gasteiger partial charge in [0.25, 0.3) is 5.91 Å². The minimum atomic E-state index is -1.07. The standard InChI is InChI=1S/C32H31N3O5.C8H8O2/c36-29(33-27-15-23(27)19-7-3-1-4-8-19)25-17-35(31(38)21-11-13-22(14-12-21)32(39)40)18-26(25)30(37)34-28-16-24(28)20-9-5-2-6-10-20;1-10-8(9)7-5-3-2-4-6-7/h1-14,23-28H,15-18H2,(H,33,36)(H,34,37)(H,39,40);2-6H,1H3/t23-,24-,25+,26+,27+,28+;/m1./s1. The molecule has 1 heterocycles. The molecule has 3 aliphatic rings. The van der Waals surface area contributed by atoms with E-state index in [2.05, 4.69) is 39.6 Å². The highest BCUT2D eigenvalue weighted by Gasteiger charge is 2.48. The number of likely N-dealkylation sites (tertiary alicyclic amines) is 1. The number of nitrogens with one attached hydrogen (secondary N) is 2. The molecule has 3 amide bonds. The largest absolute Gasteiger partial charge is 0.478 e. The van der Waals surface area contributed by atoms with Gasteiger partial charge < -0.3 is 25.4 Å². The molecule has 6 atom stereocenters. The van der Waals surface area contributed by atoms with Crippen LogP contribution in [0.25, 0.3) is 0 Å². The lowest BCUT2D eigenvalue weighted by molar-refractivity contribution is -0.133. The van der Waals surface area contributed by atoms with E-state index in [1.165, 1.54) is 47.4 Å². The monoisotopic (exact) mass is 673 g/mol. The fourth-order valence-electron chi connectivity index (χ4n) is 6.56. The lowest BCUT2D eigenvalue weighted by Crippen LogP contribution is -2.43. The summed E-state index contributed by atoms with van der Waals surface area (Å²) in [4.78, 5) is 63.9. The number of amides is 3. The zero-order valence-electron chi connectivity index (χ0n) is 27.6. The topological polar surface area (TPSA) is 142 Å². The number of esters is 1. The molecule has 0 spiro atoms. The molecule has 10 nitrogen and oxygen atoms in total. The Labute approximate surface area is 290 Å². The van der Waals surface area contributed by atoms with Gasteiger partial charge in [0.15, 0.2) is 0 Å². The quantitative estimate of drug-likeness (QED) is 0.215. The number of hydrogen-bond acceptors (Lipinski definition) is 6. The summed E-state index contributed by atoms with van der Waals surface area (Å²) in [5, 5.41) is 15.4. The Morgan fingerprint density at radius 3 is 1.44 bits per heavy atom. The van der Waals surface area contributed by atoms with Crippen molar-refractivity contribution in [1.29, 1.82) is 0 Å². The van der Waals surface area contributed by atoms with Crippen LogP contribution in [-0.4, -0.2) is 71.9 Å². The predicted octanol–water partition coefficient (Wildman–Crippen LogP) is 4.89. The highest BCUT2D eigenvalue weighted by Crippen LogP contribution is 2.42. The van der Waals surface area contributed by atoms with E-state index in [1.807, 2.05) is 42.5 Å². The second-order valence-electron chi connectivity index (χ2n) is 12.9. The van der Waals surface area contributed by atoms with Gasteiger partial charge in [-0.1, -0.05) is 78.9 Å². The van der Waals surface area contributed by atoms with Crippen molar-refractivity contribution in [2.75, 3.05) is 20.2 Å². The summed E-state index contributed by atoms with van der Waals surface area (Å²) in [5.41, 5.74) is 3.35. The zero-order valence-corrected chi connectivity index (χ0v) is 27.6. The molecule has 0 bridgehead atoms. The average molecular weight is 674 g/mol. The van der Waals surface area contributed by atoms with E-state index in [9.17, 15) is 29.1 Å². The van der Waals surface area contributed by atoms with Crippen LogP contribution in [0.5, 0.6) is 0 Å². The number of carboxylic acids is 1. The first kappa shape index (κ1) is 34.1. The number of nitrogens with zero attached hydrogens (tertiary/aromatic N) is 1. The maximum absolute atomic E-state index is 13.5. The Morgan fingerprint density at radius 1 is 0.600 bits per heavy atom. The third kappa shape index (κ3) is 8.08. The molecule has 50 heavy (non-hydrogen) atoms. The lowest BCUT2D eigenvalue weighted by atomic mass is 9.94. The highest BCUT2D eigenvalue weighted by atomic mass is 16.5. The number of methoxy groups -OCH3 is 1. The van der Waals surface area contributed by atoms with E-state index < -0.39 is 17.8 Å². The van der Waals surface area contributed by atoms with E-state index in [4.69, 9.17) is 0 Å². The maximum Gasteiger partial charge on any atom is 0.337 e. The number of aromatic carboxylic acids is 1. The minimum Gasteiger partial charge on any atom is -0.478 e. The van der Waals surface area contributed by atoms with Crippen LogP contribution < -0.4 is 10.6 Å². The molecule has 4 aromatic carbocycles. The van der Waals surface area contributed by atoms with Gasteiger partial charge in [-0.2, -0.15) is 0 Å². The third-order valence-corrected chi connectivity index (χ3v) is 9.55. The summed E-state index contributed by atoms with van der Waals surface area (Å²) >= 11 is 0. The smallest absolute Gasteiger partial charge is 0.337 e. The number of carbonyl (C=O) groups excluding carboxylic acids is 4. The molecule has 0 unspecified atom stereocenters. The molecule has 1 saturated heterocycles. The van der Waals surface area contributed by atoms with Crippen LogP contribution >= 0.6 is 0 Å². The Balaban J connectivity index is 0.000000373. The minimum absolute atomic E-state index is 0.0119. The molecule has 1 aliphatic heterocycles. The molecule has 2 saturated carbocycles. The van der Waals surface area contributed by atoms with Gasteiger partial charge >= 0.3 is 11.9 Å². The van der Waals surface area contributed by atoms with Crippen molar-refractivity contribution >= 4 is 29.7 Å². The Morgan fingerprint density at radius 2 is 1.02 bits per heavy atom. The number of rotatable bonds is 9. The van der Waals surface area contributed by atoms with Crippen LogP contribution in [-0.2, 0) is 14.3 Å². The number of carbonyl (C=O) groups is 5. The van der Waals surface area contributed by atoms with Crippen LogP contribution in [0.2, 0.25) is 0 Å². The summed E-state index contributed by atoms with van der Waals surface area (Å²) in [6, 6.07) is 34.7. The van der Waals surface area contributed by atoms with Crippen molar-refractivity contribution in [2.24, 2.45) is 11.8 Å². The maximum atomic E-state index is 13.5. The number of ether oxygens (including phenoxy) is 1. The molecule has 3 N–H and O–H groups in total. The Bertz CT molecular complexity index is 1760. The molecule has 4 aromatic rings. The van der Waals surface area contributed by atoms with Crippen LogP contribution in [0.3, 0.4) is 0 Å². The molecular formula is C40H39N3O7. The Kier molecular flexibility index (Phi) is 10.4. The van der Waals surface area contributed by atoms with Crippen LogP contribution in [0.1, 0.15) is 66.9 Å². The number of benzene rings is 4. The zero-order chi connectivity index (χ0) is 35.2. The Hall–Kier alpha value is -5.77. The van der Waals surface area contributed by atoms with Gasteiger partial charge in [-0.05, 0) is 60.4 Å².